The van der Waals surface area contributed by atoms with Crippen LogP contribution < -0.4 is 11.5 Å². The Bertz CT molecular complexity index is 344. The van der Waals surface area contributed by atoms with E-state index in [1.807, 2.05) is 12.1 Å². The van der Waals surface area contributed by atoms with E-state index in [-0.39, 0.29) is 12.0 Å². The van der Waals surface area contributed by atoms with E-state index in [9.17, 15) is 0 Å². The Labute approximate surface area is 81.2 Å². The number of hydrogen-bond acceptors (Lipinski definition) is 2. The van der Waals surface area contributed by atoms with E-state index >= 15 is 0 Å². The molecule has 68 valence electrons. The van der Waals surface area contributed by atoms with Gasteiger partial charge in [0.1, 0.15) is 0 Å². The van der Waals surface area contributed by atoms with Gasteiger partial charge in [-0.25, -0.2) is 4.99 Å². The van der Waals surface area contributed by atoms with Crippen LogP contribution in [0, 0.1) is 0 Å². The molecule has 1 atom stereocenters. The van der Waals surface area contributed by atoms with E-state index in [2.05, 4.69) is 17.1 Å². The molecule has 1 aliphatic rings. The van der Waals surface area contributed by atoms with Crippen molar-refractivity contribution in [2.24, 2.45) is 16.5 Å². The van der Waals surface area contributed by atoms with Gasteiger partial charge in [-0.2, -0.15) is 0 Å². The molecule has 3 nitrogen and oxygen atoms in total. The molecule has 0 amide bonds. The van der Waals surface area contributed by atoms with Crippen LogP contribution in [0.1, 0.15) is 11.6 Å². The van der Waals surface area contributed by atoms with Crippen molar-refractivity contribution in [2.45, 2.75) is 10.9 Å². The van der Waals surface area contributed by atoms with Crippen molar-refractivity contribution in [3.63, 3.8) is 0 Å². The summed E-state index contributed by atoms with van der Waals surface area (Å²) in [6.07, 6.45) is 0. The molecule has 0 saturated heterocycles. The second-order valence-corrected chi connectivity index (χ2v) is 3.98. The minimum absolute atomic E-state index is 0.145. The number of nitrogens with zero attached hydrogens (tertiary/aromatic N) is 1. The Morgan fingerprint density at radius 1 is 1.38 bits per heavy atom. The number of benzene rings is 1. The van der Waals surface area contributed by atoms with Gasteiger partial charge in [0.2, 0.25) is 0 Å². The molecular weight excluding hydrogens is 182 g/mol. The molecule has 0 aromatic heterocycles. The van der Waals surface area contributed by atoms with Gasteiger partial charge in [0.15, 0.2) is 5.96 Å². The number of hydrogen-bond donors (Lipinski definition) is 2. The first-order valence-corrected chi connectivity index (χ1v) is 5.06. The van der Waals surface area contributed by atoms with E-state index in [1.54, 1.807) is 11.8 Å². The normalized spacial score (nSPS) is 19.5. The standard InChI is InChI=1S/C9H11N3S/c10-9(11)12-7-5-13-8-4-2-1-3-6(7)8/h1-4,7H,5H2,(H4,10,11,12). The van der Waals surface area contributed by atoms with Gasteiger partial charge in [-0.3, -0.25) is 0 Å². The molecule has 0 spiro atoms. The van der Waals surface area contributed by atoms with Crippen molar-refractivity contribution < 1.29 is 0 Å². The van der Waals surface area contributed by atoms with Crippen molar-refractivity contribution in [3.05, 3.63) is 29.8 Å². The molecule has 0 bridgehead atoms. The van der Waals surface area contributed by atoms with E-state index < -0.39 is 0 Å². The maximum absolute atomic E-state index is 5.35. The summed E-state index contributed by atoms with van der Waals surface area (Å²) in [7, 11) is 0. The lowest BCUT2D eigenvalue weighted by Gasteiger charge is -2.04. The molecule has 0 saturated carbocycles. The number of nitrogens with two attached hydrogens (primary N) is 2. The highest BCUT2D eigenvalue weighted by Crippen LogP contribution is 2.39. The maximum Gasteiger partial charge on any atom is 0.186 e. The van der Waals surface area contributed by atoms with Crippen LogP contribution in [0.3, 0.4) is 0 Å². The fraction of sp³-hybridized carbons (Fsp3) is 0.222. The smallest absolute Gasteiger partial charge is 0.186 e. The van der Waals surface area contributed by atoms with Gasteiger partial charge in [0.05, 0.1) is 6.04 Å². The monoisotopic (exact) mass is 193 g/mol. The quantitative estimate of drug-likeness (QED) is 0.518. The Morgan fingerprint density at radius 2 is 2.15 bits per heavy atom. The molecule has 1 aromatic carbocycles. The van der Waals surface area contributed by atoms with E-state index in [4.69, 9.17) is 11.5 Å². The molecule has 4 heteroatoms. The Hall–Kier alpha value is -1.16. The molecule has 1 heterocycles. The van der Waals surface area contributed by atoms with Gasteiger partial charge in [-0.15, -0.1) is 11.8 Å². The Balaban J connectivity index is 2.33. The number of guanidine groups is 1. The summed E-state index contributed by atoms with van der Waals surface area (Å²) in [5.74, 6) is 1.11. The van der Waals surface area contributed by atoms with Gasteiger partial charge < -0.3 is 11.5 Å². The molecule has 0 fully saturated rings. The van der Waals surface area contributed by atoms with Crippen LogP contribution >= 0.6 is 11.8 Å². The molecule has 2 rings (SSSR count). The number of rotatable bonds is 1. The number of fused-ring (bicyclic) bond motifs is 1. The van der Waals surface area contributed by atoms with E-state index in [0.717, 1.165) is 5.75 Å². The molecular formula is C9H11N3S. The van der Waals surface area contributed by atoms with Crippen LogP contribution in [-0.4, -0.2) is 11.7 Å². The number of aliphatic imine (C=N–C) groups is 1. The summed E-state index contributed by atoms with van der Waals surface area (Å²) in [6.45, 7) is 0. The predicted molar refractivity (Wildman–Crippen MR) is 55.7 cm³/mol. The minimum Gasteiger partial charge on any atom is -0.370 e. The maximum atomic E-state index is 5.35. The van der Waals surface area contributed by atoms with Gasteiger partial charge in [-0.1, -0.05) is 18.2 Å². The van der Waals surface area contributed by atoms with E-state index in [0.29, 0.717) is 0 Å². The predicted octanol–water partition coefficient (Wildman–Crippen LogP) is 1.11. The van der Waals surface area contributed by atoms with Crippen LogP contribution in [0.25, 0.3) is 0 Å². The van der Waals surface area contributed by atoms with Gasteiger partial charge >= 0.3 is 0 Å². The first-order valence-electron chi connectivity index (χ1n) is 4.08. The highest BCUT2D eigenvalue weighted by Gasteiger charge is 2.21. The second kappa shape index (κ2) is 3.30. The molecule has 13 heavy (non-hydrogen) atoms. The lowest BCUT2D eigenvalue weighted by atomic mass is 10.1. The number of thioether (sulfide) groups is 1. The zero-order chi connectivity index (χ0) is 9.26. The van der Waals surface area contributed by atoms with Crippen LogP contribution in [0.4, 0.5) is 0 Å². The SMILES string of the molecule is NC(N)=NC1CSc2ccccc21. The summed E-state index contributed by atoms with van der Waals surface area (Å²) >= 11 is 1.80. The Morgan fingerprint density at radius 3 is 2.92 bits per heavy atom. The zero-order valence-electron chi connectivity index (χ0n) is 7.10. The van der Waals surface area contributed by atoms with Crippen LogP contribution in [-0.2, 0) is 0 Å². The highest BCUT2D eigenvalue weighted by molar-refractivity contribution is 7.99. The zero-order valence-corrected chi connectivity index (χ0v) is 7.92. The second-order valence-electron chi connectivity index (χ2n) is 2.92. The Kier molecular flexibility index (Phi) is 2.14. The van der Waals surface area contributed by atoms with Crippen molar-refractivity contribution in [1.82, 2.24) is 0 Å². The van der Waals surface area contributed by atoms with Crippen molar-refractivity contribution in [3.8, 4) is 0 Å². The third kappa shape index (κ3) is 1.62. The molecule has 1 unspecified atom stereocenters. The average Bonchev–Trinajstić information content (AvgIpc) is 2.48. The summed E-state index contributed by atoms with van der Waals surface area (Å²) in [6, 6.07) is 8.37. The molecule has 0 radical (unpaired) electrons. The van der Waals surface area contributed by atoms with Crippen LogP contribution in [0.15, 0.2) is 34.2 Å². The van der Waals surface area contributed by atoms with Gasteiger partial charge in [0.25, 0.3) is 0 Å². The first-order chi connectivity index (χ1) is 6.27. The van der Waals surface area contributed by atoms with Gasteiger partial charge in [-0.05, 0) is 11.6 Å². The molecule has 0 aliphatic carbocycles. The topological polar surface area (TPSA) is 64.4 Å². The summed E-state index contributed by atoms with van der Waals surface area (Å²) in [5.41, 5.74) is 11.9. The highest BCUT2D eigenvalue weighted by atomic mass is 32.2. The van der Waals surface area contributed by atoms with Crippen LogP contribution in [0.5, 0.6) is 0 Å². The van der Waals surface area contributed by atoms with Crippen molar-refractivity contribution in [1.29, 1.82) is 0 Å². The summed E-state index contributed by atoms with van der Waals surface area (Å²) < 4.78 is 0. The van der Waals surface area contributed by atoms with Crippen molar-refractivity contribution >= 4 is 17.7 Å². The summed E-state index contributed by atoms with van der Waals surface area (Å²) in [5, 5.41) is 0. The fourth-order valence-electron chi connectivity index (χ4n) is 1.43. The van der Waals surface area contributed by atoms with Gasteiger partial charge in [0, 0.05) is 10.6 Å². The van der Waals surface area contributed by atoms with Crippen molar-refractivity contribution in [2.75, 3.05) is 5.75 Å². The largest absolute Gasteiger partial charge is 0.370 e. The lowest BCUT2D eigenvalue weighted by molar-refractivity contribution is 0.831. The van der Waals surface area contributed by atoms with Crippen LogP contribution in [0.2, 0.25) is 0 Å². The molecule has 1 aliphatic heterocycles. The summed E-state index contributed by atoms with van der Waals surface area (Å²) in [4.78, 5) is 5.46. The fourth-order valence-corrected chi connectivity index (χ4v) is 2.57. The van der Waals surface area contributed by atoms with E-state index in [1.165, 1.54) is 10.5 Å². The molecule has 4 N–H and O–H groups in total. The average molecular weight is 193 g/mol. The minimum atomic E-state index is 0.145. The first kappa shape index (κ1) is 8.44. The third-order valence-corrected chi connectivity index (χ3v) is 3.14. The molecule has 1 aromatic rings. The third-order valence-electron chi connectivity index (χ3n) is 1.98. The lowest BCUT2D eigenvalue weighted by Crippen LogP contribution is -2.23.